The number of nitrogens with two attached hydrogens (primary N) is 1. The first-order valence-electron chi connectivity index (χ1n) is 5.69. The van der Waals surface area contributed by atoms with E-state index in [1.54, 1.807) is 11.8 Å². The second-order valence-electron chi connectivity index (χ2n) is 4.26. The molecule has 2 atom stereocenters. The summed E-state index contributed by atoms with van der Waals surface area (Å²) in [6, 6.07) is 7.60. The molecule has 0 saturated carbocycles. The molecule has 1 rings (SSSR count). The van der Waals surface area contributed by atoms with Crippen LogP contribution >= 0.6 is 11.8 Å². The standard InChI is InChI=1S/C13H20N2OS/c1-9(8-17-3)13(16)15-10(2)11-5-4-6-12(14)7-11/h4-7,9-10H,8,14H2,1-3H3,(H,15,16). The summed E-state index contributed by atoms with van der Waals surface area (Å²) in [5, 5.41) is 3.00. The number of amides is 1. The van der Waals surface area contributed by atoms with Gasteiger partial charge in [-0.05, 0) is 30.9 Å². The van der Waals surface area contributed by atoms with Crippen molar-refractivity contribution in [3.63, 3.8) is 0 Å². The van der Waals surface area contributed by atoms with Crippen molar-refractivity contribution in [2.75, 3.05) is 17.7 Å². The van der Waals surface area contributed by atoms with Gasteiger partial charge in [0.2, 0.25) is 5.91 Å². The van der Waals surface area contributed by atoms with Gasteiger partial charge in [-0.15, -0.1) is 0 Å². The van der Waals surface area contributed by atoms with Crippen molar-refractivity contribution in [1.29, 1.82) is 0 Å². The fourth-order valence-electron chi connectivity index (χ4n) is 1.59. The molecule has 1 aromatic carbocycles. The second kappa shape index (κ2) is 6.55. The van der Waals surface area contributed by atoms with E-state index < -0.39 is 0 Å². The molecule has 0 saturated heterocycles. The average Bonchev–Trinajstić information content (AvgIpc) is 2.29. The molecule has 17 heavy (non-hydrogen) atoms. The molecule has 0 heterocycles. The van der Waals surface area contributed by atoms with Gasteiger partial charge in [0.1, 0.15) is 0 Å². The lowest BCUT2D eigenvalue weighted by Crippen LogP contribution is -2.32. The van der Waals surface area contributed by atoms with Crippen molar-refractivity contribution in [2.24, 2.45) is 5.92 Å². The molecule has 2 unspecified atom stereocenters. The first-order chi connectivity index (χ1) is 8.04. The Morgan fingerprint density at radius 3 is 2.76 bits per heavy atom. The normalized spacial score (nSPS) is 14.1. The second-order valence-corrected chi connectivity index (χ2v) is 5.17. The lowest BCUT2D eigenvalue weighted by atomic mass is 10.1. The molecule has 0 bridgehead atoms. The van der Waals surface area contributed by atoms with E-state index in [9.17, 15) is 4.79 Å². The first kappa shape index (κ1) is 13.9. The van der Waals surface area contributed by atoms with Gasteiger partial charge in [-0.25, -0.2) is 0 Å². The number of hydrogen-bond donors (Lipinski definition) is 2. The van der Waals surface area contributed by atoms with Gasteiger partial charge in [0, 0.05) is 17.4 Å². The predicted molar refractivity (Wildman–Crippen MR) is 75.0 cm³/mol. The van der Waals surface area contributed by atoms with E-state index in [0.29, 0.717) is 0 Å². The van der Waals surface area contributed by atoms with Gasteiger partial charge in [-0.3, -0.25) is 4.79 Å². The number of benzene rings is 1. The number of rotatable bonds is 5. The smallest absolute Gasteiger partial charge is 0.224 e. The van der Waals surface area contributed by atoms with Crippen molar-refractivity contribution in [1.82, 2.24) is 5.32 Å². The molecule has 3 N–H and O–H groups in total. The highest BCUT2D eigenvalue weighted by molar-refractivity contribution is 7.98. The quantitative estimate of drug-likeness (QED) is 0.791. The number of nitrogens with one attached hydrogen (secondary N) is 1. The van der Waals surface area contributed by atoms with Crippen molar-refractivity contribution < 1.29 is 4.79 Å². The minimum absolute atomic E-state index is 0.00435. The molecule has 0 aliphatic heterocycles. The lowest BCUT2D eigenvalue weighted by molar-refractivity contribution is -0.124. The Labute approximate surface area is 107 Å². The summed E-state index contributed by atoms with van der Waals surface area (Å²) in [5.74, 6) is 0.970. The Kier molecular flexibility index (Phi) is 5.35. The zero-order valence-corrected chi connectivity index (χ0v) is 11.4. The van der Waals surface area contributed by atoms with Crippen LogP contribution in [0.25, 0.3) is 0 Å². The summed E-state index contributed by atoms with van der Waals surface area (Å²) in [7, 11) is 0. The van der Waals surface area contributed by atoms with Gasteiger partial charge in [-0.1, -0.05) is 19.1 Å². The minimum atomic E-state index is -0.00435. The van der Waals surface area contributed by atoms with Crippen LogP contribution in [0.4, 0.5) is 5.69 Å². The molecule has 1 aromatic rings. The van der Waals surface area contributed by atoms with Crippen LogP contribution in [0, 0.1) is 5.92 Å². The monoisotopic (exact) mass is 252 g/mol. The molecule has 3 nitrogen and oxygen atoms in total. The highest BCUT2D eigenvalue weighted by atomic mass is 32.2. The lowest BCUT2D eigenvalue weighted by Gasteiger charge is -2.17. The molecule has 1 amide bonds. The number of carbonyl (C=O) groups is 1. The van der Waals surface area contributed by atoms with Gasteiger partial charge in [0.25, 0.3) is 0 Å². The Balaban J connectivity index is 2.60. The molecule has 0 aliphatic rings. The van der Waals surface area contributed by atoms with Crippen LogP contribution in [0.2, 0.25) is 0 Å². The van der Waals surface area contributed by atoms with E-state index in [1.165, 1.54) is 0 Å². The largest absolute Gasteiger partial charge is 0.399 e. The Bertz CT molecular complexity index is 381. The number of carbonyl (C=O) groups excluding carboxylic acids is 1. The summed E-state index contributed by atoms with van der Waals surface area (Å²) in [4.78, 5) is 11.8. The van der Waals surface area contributed by atoms with Crippen LogP contribution in [-0.2, 0) is 4.79 Å². The van der Waals surface area contributed by atoms with E-state index in [1.807, 2.05) is 44.4 Å². The van der Waals surface area contributed by atoms with Crippen LogP contribution in [0.1, 0.15) is 25.5 Å². The maximum absolute atomic E-state index is 11.8. The molecule has 0 spiro atoms. The van der Waals surface area contributed by atoms with Gasteiger partial charge in [0.15, 0.2) is 0 Å². The predicted octanol–water partition coefficient (Wildman–Crippen LogP) is 2.45. The fourth-order valence-corrected chi connectivity index (χ4v) is 2.24. The zero-order valence-electron chi connectivity index (χ0n) is 10.6. The van der Waals surface area contributed by atoms with Gasteiger partial charge < -0.3 is 11.1 Å². The van der Waals surface area contributed by atoms with E-state index in [4.69, 9.17) is 5.73 Å². The number of thioether (sulfide) groups is 1. The Morgan fingerprint density at radius 1 is 1.47 bits per heavy atom. The first-order valence-corrected chi connectivity index (χ1v) is 7.08. The van der Waals surface area contributed by atoms with E-state index in [-0.39, 0.29) is 17.9 Å². The molecule has 4 heteroatoms. The average molecular weight is 252 g/mol. The van der Waals surface area contributed by atoms with Crippen LogP contribution in [0.3, 0.4) is 0 Å². The van der Waals surface area contributed by atoms with Crippen molar-refractivity contribution >= 4 is 23.4 Å². The molecule has 0 radical (unpaired) electrons. The Hall–Kier alpha value is -1.16. The van der Waals surface area contributed by atoms with Crippen molar-refractivity contribution in [2.45, 2.75) is 19.9 Å². The third-order valence-electron chi connectivity index (χ3n) is 2.63. The maximum atomic E-state index is 11.8. The van der Waals surface area contributed by atoms with Crippen molar-refractivity contribution in [3.05, 3.63) is 29.8 Å². The number of nitrogen functional groups attached to an aromatic ring is 1. The highest BCUT2D eigenvalue weighted by Gasteiger charge is 2.15. The summed E-state index contributed by atoms with van der Waals surface area (Å²) in [6.07, 6.45) is 2.01. The molecular weight excluding hydrogens is 232 g/mol. The fraction of sp³-hybridized carbons (Fsp3) is 0.462. The maximum Gasteiger partial charge on any atom is 0.224 e. The van der Waals surface area contributed by atoms with Crippen molar-refractivity contribution in [3.8, 4) is 0 Å². The third-order valence-corrected chi connectivity index (χ3v) is 3.47. The molecular formula is C13H20N2OS. The van der Waals surface area contributed by atoms with Crippen LogP contribution in [0.5, 0.6) is 0 Å². The summed E-state index contributed by atoms with van der Waals surface area (Å²) in [6.45, 7) is 3.91. The Morgan fingerprint density at radius 2 is 2.18 bits per heavy atom. The molecule has 0 fully saturated rings. The van der Waals surface area contributed by atoms with Crippen LogP contribution in [0.15, 0.2) is 24.3 Å². The third kappa shape index (κ3) is 4.30. The van der Waals surface area contributed by atoms with E-state index >= 15 is 0 Å². The minimum Gasteiger partial charge on any atom is -0.399 e. The molecule has 0 aromatic heterocycles. The van der Waals surface area contributed by atoms with Crippen LogP contribution < -0.4 is 11.1 Å². The molecule has 0 aliphatic carbocycles. The SMILES string of the molecule is CSCC(C)C(=O)NC(C)c1cccc(N)c1. The van der Waals surface area contributed by atoms with Gasteiger partial charge >= 0.3 is 0 Å². The topological polar surface area (TPSA) is 55.1 Å². The van der Waals surface area contributed by atoms with Gasteiger partial charge in [0.05, 0.1) is 6.04 Å². The van der Waals surface area contributed by atoms with E-state index in [0.717, 1.165) is 17.0 Å². The molecule has 94 valence electrons. The number of hydrogen-bond acceptors (Lipinski definition) is 3. The zero-order chi connectivity index (χ0) is 12.8. The van der Waals surface area contributed by atoms with Gasteiger partial charge in [-0.2, -0.15) is 11.8 Å². The van der Waals surface area contributed by atoms with E-state index in [2.05, 4.69) is 5.32 Å². The van der Waals surface area contributed by atoms with Crippen LogP contribution in [-0.4, -0.2) is 17.9 Å². The summed E-state index contributed by atoms with van der Waals surface area (Å²) in [5.41, 5.74) is 7.48. The summed E-state index contributed by atoms with van der Waals surface area (Å²) >= 11 is 1.68. The summed E-state index contributed by atoms with van der Waals surface area (Å²) < 4.78 is 0. The number of anilines is 1. The highest BCUT2D eigenvalue weighted by Crippen LogP contribution is 2.16.